The van der Waals surface area contributed by atoms with Gasteiger partial charge in [-0.15, -0.1) is 5.10 Å². The van der Waals surface area contributed by atoms with Crippen molar-refractivity contribution in [3.05, 3.63) is 5.89 Å². The summed E-state index contributed by atoms with van der Waals surface area (Å²) in [5.74, 6) is 1.66. The summed E-state index contributed by atoms with van der Waals surface area (Å²) in [4.78, 5) is 0. The van der Waals surface area contributed by atoms with E-state index >= 15 is 0 Å². The highest BCUT2D eigenvalue weighted by atomic mass is 32.2. The zero-order valence-corrected chi connectivity index (χ0v) is 9.36. The minimum atomic E-state index is 0.506. The van der Waals surface area contributed by atoms with E-state index in [2.05, 4.69) is 27.1 Å². The van der Waals surface area contributed by atoms with Crippen LogP contribution in [-0.4, -0.2) is 35.3 Å². The number of hydrogen-bond acceptors (Lipinski definition) is 6. The van der Waals surface area contributed by atoms with Crippen LogP contribution in [0.25, 0.3) is 0 Å². The Kier molecular flexibility index (Phi) is 5.39. The molecule has 0 amide bonds. The van der Waals surface area contributed by atoms with Crippen LogP contribution in [0.2, 0.25) is 0 Å². The van der Waals surface area contributed by atoms with Crippen LogP contribution < -0.4 is 10.6 Å². The highest BCUT2D eigenvalue weighted by Gasteiger charge is 2.03. The summed E-state index contributed by atoms with van der Waals surface area (Å²) in [5.41, 5.74) is 0. The van der Waals surface area contributed by atoms with Gasteiger partial charge in [-0.05, 0) is 12.8 Å². The predicted octanol–water partition coefficient (Wildman–Crippen LogP) is 0.954. The maximum Gasteiger partial charge on any atom is 0.315 e. The van der Waals surface area contributed by atoms with Gasteiger partial charge >= 0.3 is 6.01 Å². The Morgan fingerprint density at radius 3 is 3.00 bits per heavy atom. The summed E-state index contributed by atoms with van der Waals surface area (Å²) in [6.45, 7) is 4.42. The van der Waals surface area contributed by atoms with Gasteiger partial charge in [0, 0.05) is 12.3 Å². The molecule has 1 rings (SSSR count). The van der Waals surface area contributed by atoms with Crippen molar-refractivity contribution in [2.45, 2.75) is 13.5 Å². The van der Waals surface area contributed by atoms with Crippen LogP contribution in [0.1, 0.15) is 12.8 Å². The molecular formula is C8H16N4OS. The third kappa shape index (κ3) is 3.97. The molecule has 5 nitrogen and oxygen atoms in total. The Morgan fingerprint density at radius 2 is 2.29 bits per heavy atom. The van der Waals surface area contributed by atoms with Crippen molar-refractivity contribution >= 4 is 17.8 Å². The maximum atomic E-state index is 5.33. The molecule has 6 heteroatoms. The van der Waals surface area contributed by atoms with Crippen LogP contribution in [0, 0.1) is 0 Å². The second-order valence-corrected chi connectivity index (χ2v) is 3.69. The molecule has 0 radical (unpaired) electrons. The van der Waals surface area contributed by atoms with Gasteiger partial charge in [0.05, 0.1) is 6.54 Å². The van der Waals surface area contributed by atoms with Crippen molar-refractivity contribution in [3.8, 4) is 0 Å². The Bertz CT molecular complexity index is 253. The molecular weight excluding hydrogens is 200 g/mol. The number of aromatic nitrogens is 2. The number of thioether (sulfide) groups is 1. The number of hydrogen-bond donors (Lipinski definition) is 2. The SMILES string of the molecule is CCNCc1nnc(NCCSC)o1. The van der Waals surface area contributed by atoms with Gasteiger partial charge in [-0.1, -0.05) is 12.0 Å². The highest BCUT2D eigenvalue weighted by molar-refractivity contribution is 7.98. The molecule has 1 aromatic heterocycles. The first kappa shape index (κ1) is 11.3. The molecule has 0 bridgehead atoms. The lowest BCUT2D eigenvalue weighted by Crippen LogP contribution is -2.11. The van der Waals surface area contributed by atoms with Crippen LogP contribution in [0.4, 0.5) is 6.01 Å². The maximum absolute atomic E-state index is 5.33. The molecule has 0 atom stereocenters. The van der Waals surface area contributed by atoms with E-state index in [1.807, 2.05) is 6.92 Å². The lowest BCUT2D eigenvalue weighted by atomic mass is 10.6. The lowest BCUT2D eigenvalue weighted by molar-refractivity contribution is 0.482. The molecule has 1 heterocycles. The fourth-order valence-electron chi connectivity index (χ4n) is 0.888. The van der Waals surface area contributed by atoms with Crippen molar-refractivity contribution in [1.29, 1.82) is 0 Å². The molecule has 2 N–H and O–H groups in total. The summed E-state index contributed by atoms with van der Waals surface area (Å²) in [7, 11) is 0. The fraction of sp³-hybridized carbons (Fsp3) is 0.750. The number of nitrogens with zero attached hydrogens (tertiary/aromatic N) is 2. The molecule has 0 saturated heterocycles. The van der Waals surface area contributed by atoms with Gasteiger partial charge in [0.2, 0.25) is 5.89 Å². The molecule has 1 aromatic rings. The monoisotopic (exact) mass is 216 g/mol. The number of nitrogens with one attached hydrogen (secondary N) is 2. The van der Waals surface area contributed by atoms with E-state index in [1.165, 1.54) is 0 Å². The van der Waals surface area contributed by atoms with E-state index in [4.69, 9.17) is 4.42 Å². The first-order valence-electron chi connectivity index (χ1n) is 4.62. The summed E-state index contributed by atoms with van der Waals surface area (Å²) in [5, 5.41) is 13.9. The average molecular weight is 216 g/mol. The predicted molar refractivity (Wildman–Crippen MR) is 58.6 cm³/mol. The van der Waals surface area contributed by atoms with Gasteiger partial charge in [-0.3, -0.25) is 0 Å². The Balaban J connectivity index is 2.27. The quantitative estimate of drug-likeness (QED) is 0.662. The van der Waals surface area contributed by atoms with Crippen molar-refractivity contribution in [1.82, 2.24) is 15.5 Å². The van der Waals surface area contributed by atoms with Crippen LogP contribution >= 0.6 is 11.8 Å². The van der Waals surface area contributed by atoms with Crippen LogP contribution in [0.15, 0.2) is 4.42 Å². The molecule has 0 saturated carbocycles. The molecule has 0 aliphatic carbocycles. The van der Waals surface area contributed by atoms with Gasteiger partial charge in [-0.2, -0.15) is 11.8 Å². The van der Waals surface area contributed by atoms with Crippen molar-refractivity contribution in [3.63, 3.8) is 0 Å². The largest absolute Gasteiger partial charge is 0.407 e. The lowest BCUT2D eigenvalue weighted by Gasteiger charge is -1.97. The van der Waals surface area contributed by atoms with Gasteiger partial charge in [0.15, 0.2) is 0 Å². The Labute approximate surface area is 88.0 Å². The molecule has 0 aromatic carbocycles. The Morgan fingerprint density at radius 1 is 1.43 bits per heavy atom. The van der Waals surface area contributed by atoms with Crippen molar-refractivity contribution in [2.24, 2.45) is 0 Å². The second-order valence-electron chi connectivity index (χ2n) is 2.70. The van der Waals surface area contributed by atoms with Crippen molar-refractivity contribution in [2.75, 3.05) is 30.4 Å². The van der Waals surface area contributed by atoms with Gasteiger partial charge in [0.1, 0.15) is 0 Å². The van der Waals surface area contributed by atoms with E-state index in [0.29, 0.717) is 18.5 Å². The average Bonchev–Trinajstić information content (AvgIpc) is 2.63. The zero-order chi connectivity index (χ0) is 10.2. The first-order chi connectivity index (χ1) is 6.86. The third-order valence-electron chi connectivity index (χ3n) is 1.58. The zero-order valence-electron chi connectivity index (χ0n) is 8.54. The Hall–Kier alpha value is -0.750. The van der Waals surface area contributed by atoms with E-state index in [9.17, 15) is 0 Å². The highest BCUT2D eigenvalue weighted by Crippen LogP contribution is 2.04. The number of anilines is 1. The minimum absolute atomic E-state index is 0.506. The van der Waals surface area contributed by atoms with Crippen LogP contribution in [0.3, 0.4) is 0 Å². The summed E-state index contributed by atoms with van der Waals surface area (Å²) in [6, 6.07) is 0.506. The molecule has 0 aliphatic rings. The van der Waals surface area contributed by atoms with Gasteiger partial charge < -0.3 is 15.1 Å². The standard InChI is InChI=1S/C8H16N4OS/c1-3-9-6-7-11-12-8(13-7)10-4-5-14-2/h9H,3-6H2,1-2H3,(H,10,12). The summed E-state index contributed by atoms with van der Waals surface area (Å²) in [6.07, 6.45) is 2.06. The fourth-order valence-corrected chi connectivity index (χ4v) is 1.19. The van der Waals surface area contributed by atoms with Crippen LogP contribution in [0.5, 0.6) is 0 Å². The van der Waals surface area contributed by atoms with E-state index in [-0.39, 0.29) is 0 Å². The third-order valence-corrected chi connectivity index (χ3v) is 2.19. The van der Waals surface area contributed by atoms with E-state index < -0.39 is 0 Å². The van der Waals surface area contributed by atoms with Gasteiger partial charge in [0.25, 0.3) is 0 Å². The number of rotatable bonds is 7. The molecule has 80 valence electrons. The summed E-state index contributed by atoms with van der Waals surface area (Å²) >= 11 is 1.78. The van der Waals surface area contributed by atoms with Gasteiger partial charge in [-0.25, -0.2) is 0 Å². The van der Waals surface area contributed by atoms with Crippen LogP contribution in [-0.2, 0) is 6.54 Å². The topological polar surface area (TPSA) is 63.0 Å². The molecule has 0 aliphatic heterocycles. The summed E-state index contributed by atoms with van der Waals surface area (Å²) < 4.78 is 5.33. The van der Waals surface area contributed by atoms with E-state index in [1.54, 1.807) is 11.8 Å². The van der Waals surface area contributed by atoms with E-state index in [0.717, 1.165) is 18.8 Å². The minimum Gasteiger partial charge on any atom is -0.407 e. The smallest absolute Gasteiger partial charge is 0.315 e. The molecule has 0 unspecified atom stereocenters. The first-order valence-corrected chi connectivity index (χ1v) is 6.02. The molecule has 0 fully saturated rings. The van der Waals surface area contributed by atoms with Crippen molar-refractivity contribution < 1.29 is 4.42 Å². The second kappa shape index (κ2) is 6.67. The molecule has 14 heavy (non-hydrogen) atoms. The molecule has 0 spiro atoms. The normalized spacial score (nSPS) is 10.4.